The number of esters is 1. The minimum Gasteiger partial charge on any atom is -0.457 e. The molecule has 1 aliphatic heterocycles. The molecule has 0 N–H and O–H groups in total. The molecule has 4 atom stereocenters. The van der Waals surface area contributed by atoms with Gasteiger partial charge in [-0.1, -0.05) is 0 Å². The van der Waals surface area contributed by atoms with Crippen LogP contribution in [0.5, 0.6) is 0 Å². The van der Waals surface area contributed by atoms with Gasteiger partial charge >= 0.3 is 5.97 Å². The summed E-state index contributed by atoms with van der Waals surface area (Å²) in [4.78, 5) is 11.1. The molecule has 1 rings (SSSR count). The second-order valence-electron chi connectivity index (χ2n) is 3.88. The van der Waals surface area contributed by atoms with Crippen molar-refractivity contribution in [1.82, 2.24) is 0 Å². The van der Waals surface area contributed by atoms with E-state index in [2.05, 4.69) is 0 Å². The van der Waals surface area contributed by atoms with E-state index < -0.39 is 12.2 Å². The number of rotatable bonds is 5. The highest BCUT2D eigenvalue weighted by atomic mass is 16.6. The van der Waals surface area contributed by atoms with Crippen molar-refractivity contribution in [2.45, 2.75) is 31.3 Å². The van der Waals surface area contributed by atoms with Gasteiger partial charge in [0.15, 0.2) is 6.10 Å². The van der Waals surface area contributed by atoms with Crippen molar-refractivity contribution >= 4 is 5.97 Å². The summed E-state index contributed by atoms with van der Waals surface area (Å²) in [5.41, 5.74) is 0. The van der Waals surface area contributed by atoms with Gasteiger partial charge in [-0.05, 0) is 0 Å². The fraction of sp³-hybridized carbons (Fsp3) is 0.909. The predicted molar refractivity (Wildman–Crippen MR) is 58.8 cm³/mol. The Hall–Kier alpha value is -0.690. The summed E-state index contributed by atoms with van der Waals surface area (Å²) in [6, 6.07) is 0. The quantitative estimate of drug-likeness (QED) is 0.638. The molecule has 1 heterocycles. The van der Waals surface area contributed by atoms with Crippen molar-refractivity contribution in [2.24, 2.45) is 0 Å². The van der Waals surface area contributed by atoms with Crippen LogP contribution < -0.4 is 0 Å². The summed E-state index contributed by atoms with van der Waals surface area (Å²) in [7, 11) is 4.68. The van der Waals surface area contributed by atoms with Crippen molar-refractivity contribution < 1.29 is 28.5 Å². The van der Waals surface area contributed by atoms with E-state index in [9.17, 15) is 4.79 Å². The minimum atomic E-state index is -0.476. The Morgan fingerprint density at radius 1 is 1.24 bits per heavy atom. The second-order valence-corrected chi connectivity index (χ2v) is 3.88. The Balaban J connectivity index is 2.76. The second kappa shape index (κ2) is 6.90. The normalized spacial score (nSPS) is 33.4. The van der Waals surface area contributed by atoms with Crippen LogP contribution in [0.2, 0.25) is 0 Å². The standard InChI is InChI=1S/C11H20O6/c1-7(12)17-11-8(14-3)6-16-9(5-13-2)10(11)15-4/h8-11H,5-6H2,1-4H3/t8-,9-,10-,11-/m1/s1. The molecule has 0 radical (unpaired) electrons. The van der Waals surface area contributed by atoms with Crippen LogP contribution in [0.3, 0.4) is 0 Å². The van der Waals surface area contributed by atoms with Crippen molar-refractivity contribution in [3.8, 4) is 0 Å². The highest BCUT2D eigenvalue weighted by Crippen LogP contribution is 2.23. The largest absolute Gasteiger partial charge is 0.457 e. The summed E-state index contributed by atoms with van der Waals surface area (Å²) in [5, 5.41) is 0. The van der Waals surface area contributed by atoms with E-state index in [0.717, 1.165) is 0 Å². The lowest BCUT2D eigenvalue weighted by molar-refractivity contribution is -0.224. The maximum absolute atomic E-state index is 11.1. The van der Waals surface area contributed by atoms with Crippen LogP contribution >= 0.6 is 0 Å². The lowest BCUT2D eigenvalue weighted by Crippen LogP contribution is -2.57. The summed E-state index contributed by atoms with van der Waals surface area (Å²) < 4.78 is 26.5. The molecule has 0 aromatic heterocycles. The smallest absolute Gasteiger partial charge is 0.303 e. The Bertz CT molecular complexity index is 244. The number of ether oxygens (including phenoxy) is 5. The Kier molecular flexibility index (Phi) is 5.84. The van der Waals surface area contributed by atoms with E-state index in [1.54, 1.807) is 21.3 Å². The molecule has 100 valence electrons. The third-order valence-electron chi connectivity index (χ3n) is 2.74. The molecule has 6 nitrogen and oxygen atoms in total. The molecule has 0 unspecified atom stereocenters. The molecule has 0 bridgehead atoms. The first-order valence-electron chi connectivity index (χ1n) is 5.47. The van der Waals surface area contributed by atoms with Crippen molar-refractivity contribution in [2.75, 3.05) is 34.5 Å². The molecule has 1 aliphatic rings. The van der Waals surface area contributed by atoms with E-state index in [0.29, 0.717) is 13.2 Å². The highest BCUT2D eigenvalue weighted by molar-refractivity contribution is 5.66. The molecule has 0 amide bonds. The van der Waals surface area contributed by atoms with E-state index in [1.165, 1.54) is 6.92 Å². The van der Waals surface area contributed by atoms with Gasteiger partial charge in [-0.15, -0.1) is 0 Å². The van der Waals surface area contributed by atoms with Gasteiger partial charge in [0, 0.05) is 28.3 Å². The number of hydrogen-bond donors (Lipinski definition) is 0. The third kappa shape index (κ3) is 3.64. The molecule has 0 spiro atoms. The Morgan fingerprint density at radius 2 is 1.94 bits per heavy atom. The number of hydrogen-bond acceptors (Lipinski definition) is 6. The van der Waals surface area contributed by atoms with Gasteiger partial charge in [-0.25, -0.2) is 0 Å². The molecule has 0 aromatic carbocycles. The number of methoxy groups -OCH3 is 3. The van der Waals surface area contributed by atoms with Crippen LogP contribution in [-0.4, -0.2) is 64.9 Å². The topological polar surface area (TPSA) is 63.2 Å². The highest BCUT2D eigenvalue weighted by Gasteiger charge is 2.43. The van der Waals surface area contributed by atoms with E-state index in [4.69, 9.17) is 23.7 Å². The molecule has 17 heavy (non-hydrogen) atoms. The fourth-order valence-corrected chi connectivity index (χ4v) is 1.96. The van der Waals surface area contributed by atoms with Gasteiger partial charge in [-0.3, -0.25) is 4.79 Å². The van der Waals surface area contributed by atoms with Crippen LogP contribution in [0, 0.1) is 0 Å². The summed E-state index contributed by atoms with van der Waals surface area (Å²) in [6.45, 7) is 2.09. The van der Waals surface area contributed by atoms with Crippen LogP contribution in [0.4, 0.5) is 0 Å². The van der Waals surface area contributed by atoms with Crippen molar-refractivity contribution in [3.63, 3.8) is 0 Å². The predicted octanol–water partition coefficient (Wildman–Crippen LogP) is -0.00670. The summed E-state index contributed by atoms with van der Waals surface area (Å²) in [5.74, 6) is -0.364. The average Bonchev–Trinajstić information content (AvgIpc) is 2.29. The lowest BCUT2D eigenvalue weighted by atomic mass is 10.00. The van der Waals surface area contributed by atoms with Crippen LogP contribution in [-0.2, 0) is 28.5 Å². The lowest BCUT2D eigenvalue weighted by Gasteiger charge is -2.40. The molecule has 0 aliphatic carbocycles. The average molecular weight is 248 g/mol. The molecular weight excluding hydrogens is 228 g/mol. The fourth-order valence-electron chi connectivity index (χ4n) is 1.96. The minimum absolute atomic E-state index is 0.263. The zero-order valence-electron chi connectivity index (χ0n) is 10.7. The van der Waals surface area contributed by atoms with Crippen molar-refractivity contribution in [1.29, 1.82) is 0 Å². The van der Waals surface area contributed by atoms with Gasteiger partial charge in [0.1, 0.15) is 18.3 Å². The maximum atomic E-state index is 11.1. The van der Waals surface area contributed by atoms with Gasteiger partial charge in [0.2, 0.25) is 0 Å². The van der Waals surface area contributed by atoms with Crippen molar-refractivity contribution in [3.05, 3.63) is 0 Å². The van der Waals surface area contributed by atoms with Crippen LogP contribution in [0.15, 0.2) is 0 Å². The van der Waals surface area contributed by atoms with Gasteiger partial charge in [0.05, 0.1) is 13.2 Å². The van der Waals surface area contributed by atoms with Crippen LogP contribution in [0.1, 0.15) is 6.92 Å². The molecular formula is C11H20O6. The van der Waals surface area contributed by atoms with E-state index in [-0.39, 0.29) is 18.2 Å². The summed E-state index contributed by atoms with van der Waals surface area (Å²) in [6.07, 6.45) is -1.45. The van der Waals surface area contributed by atoms with Gasteiger partial charge in [-0.2, -0.15) is 0 Å². The first-order chi connectivity index (χ1) is 8.13. The molecule has 1 fully saturated rings. The van der Waals surface area contributed by atoms with E-state index in [1.807, 2.05) is 0 Å². The van der Waals surface area contributed by atoms with Gasteiger partial charge in [0.25, 0.3) is 0 Å². The van der Waals surface area contributed by atoms with Gasteiger partial charge < -0.3 is 23.7 Å². The SMILES string of the molecule is COC[C@H]1OC[C@@H](OC)[C@@H](OC(C)=O)[C@@H]1OC. The molecule has 0 saturated carbocycles. The zero-order valence-corrected chi connectivity index (χ0v) is 10.7. The first kappa shape index (κ1) is 14.4. The summed E-state index contributed by atoms with van der Waals surface area (Å²) >= 11 is 0. The Morgan fingerprint density at radius 3 is 2.41 bits per heavy atom. The third-order valence-corrected chi connectivity index (χ3v) is 2.74. The molecule has 6 heteroatoms. The number of carbonyl (C=O) groups is 1. The van der Waals surface area contributed by atoms with Crippen LogP contribution in [0.25, 0.3) is 0 Å². The monoisotopic (exact) mass is 248 g/mol. The molecule has 0 aromatic rings. The molecule has 1 saturated heterocycles. The zero-order chi connectivity index (χ0) is 12.8. The number of carbonyl (C=O) groups excluding carboxylic acids is 1. The maximum Gasteiger partial charge on any atom is 0.303 e. The Labute approximate surface area is 101 Å². The van der Waals surface area contributed by atoms with E-state index >= 15 is 0 Å². The first-order valence-corrected chi connectivity index (χ1v) is 5.47.